The van der Waals surface area contributed by atoms with E-state index in [-0.39, 0.29) is 22.2 Å². The summed E-state index contributed by atoms with van der Waals surface area (Å²) < 4.78 is 9.75. The van der Waals surface area contributed by atoms with Crippen LogP contribution in [0.25, 0.3) is 11.1 Å². The van der Waals surface area contributed by atoms with Crippen LogP contribution in [0.5, 0.6) is 0 Å². The molecule has 9 nitrogen and oxygen atoms in total. The second-order valence-corrected chi connectivity index (χ2v) is 9.20. The molecule has 188 valence electrons. The van der Waals surface area contributed by atoms with Gasteiger partial charge in [0.2, 0.25) is 5.91 Å². The van der Waals surface area contributed by atoms with Gasteiger partial charge in [0, 0.05) is 6.54 Å². The molecule has 11 heteroatoms. The van der Waals surface area contributed by atoms with Crippen LogP contribution in [0.3, 0.4) is 0 Å². The lowest BCUT2D eigenvalue weighted by Crippen LogP contribution is -2.50. The largest absolute Gasteiger partial charge is 0.467 e. The molecular formula is C24H27Cl2N3O6. The first-order valence-corrected chi connectivity index (χ1v) is 11.3. The van der Waals surface area contributed by atoms with Gasteiger partial charge < -0.3 is 25.4 Å². The number of alkyl carbamates (subject to hydrolysis) is 1. The summed E-state index contributed by atoms with van der Waals surface area (Å²) in [5.41, 5.74) is 0.826. The topological polar surface area (TPSA) is 123 Å². The number of ether oxygens (including phenoxy) is 2. The zero-order chi connectivity index (χ0) is 26.2. The summed E-state index contributed by atoms with van der Waals surface area (Å²) in [6.45, 7) is 4.36. The van der Waals surface area contributed by atoms with Crippen molar-refractivity contribution in [2.45, 2.75) is 32.4 Å². The Morgan fingerprint density at radius 2 is 1.54 bits per heavy atom. The first-order valence-electron chi connectivity index (χ1n) is 10.6. The van der Waals surface area contributed by atoms with E-state index in [9.17, 15) is 19.2 Å². The fourth-order valence-electron chi connectivity index (χ4n) is 2.90. The number of methoxy groups -OCH3 is 1. The average Bonchev–Trinajstić information content (AvgIpc) is 2.78. The Balaban J connectivity index is 2.04. The van der Waals surface area contributed by atoms with Gasteiger partial charge in [-0.1, -0.05) is 53.5 Å². The highest BCUT2D eigenvalue weighted by Gasteiger charge is 2.26. The Labute approximate surface area is 213 Å². The van der Waals surface area contributed by atoms with Crippen LogP contribution in [0.4, 0.5) is 4.79 Å². The molecule has 0 saturated carbocycles. The lowest BCUT2D eigenvalue weighted by Gasteiger charge is -2.20. The van der Waals surface area contributed by atoms with Crippen LogP contribution >= 0.6 is 23.2 Å². The molecule has 2 aromatic rings. The molecule has 0 bridgehead atoms. The van der Waals surface area contributed by atoms with E-state index in [1.807, 2.05) is 30.3 Å². The van der Waals surface area contributed by atoms with Crippen molar-refractivity contribution in [3.05, 3.63) is 58.1 Å². The van der Waals surface area contributed by atoms with Crippen molar-refractivity contribution in [2.24, 2.45) is 0 Å². The standard InChI is InChI=1S/C24H27Cl2N3O6/c1-24(2,3)35-23(33)28-13-19(30)27-12-18(22(32)34-4)29-21(31)20-16(25)10-15(11-17(20)26)14-8-6-5-7-9-14/h5-11,18H,12-13H2,1-4H3,(H,27,30)(H,28,33)(H,29,31). The van der Waals surface area contributed by atoms with E-state index in [1.54, 1.807) is 32.9 Å². The molecule has 0 aliphatic rings. The van der Waals surface area contributed by atoms with Gasteiger partial charge in [0.05, 0.1) is 29.3 Å². The summed E-state index contributed by atoms with van der Waals surface area (Å²) in [5, 5.41) is 7.38. The van der Waals surface area contributed by atoms with E-state index < -0.39 is 42.1 Å². The molecule has 2 aromatic carbocycles. The summed E-state index contributed by atoms with van der Waals surface area (Å²) in [6.07, 6.45) is -0.770. The molecule has 0 aromatic heterocycles. The third-order valence-corrected chi connectivity index (χ3v) is 5.06. The fraction of sp³-hybridized carbons (Fsp3) is 0.333. The van der Waals surface area contributed by atoms with Gasteiger partial charge in [0.1, 0.15) is 11.6 Å². The van der Waals surface area contributed by atoms with E-state index >= 15 is 0 Å². The van der Waals surface area contributed by atoms with Crippen LogP contribution in [0.2, 0.25) is 10.0 Å². The van der Waals surface area contributed by atoms with Crippen molar-refractivity contribution in [3.8, 4) is 11.1 Å². The van der Waals surface area contributed by atoms with E-state index in [2.05, 4.69) is 16.0 Å². The summed E-state index contributed by atoms with van der Waals surface area (Å²) in [6, 6.07) is 11.3. The molecule has 0 heterocycles. The molecule has 0 spiro atoms. The summed E-state index contributed by atoms with van der Waals surface area (Å²) >= 11 is 12.7. The molecule has 0 fully saturated rings. The molecule has 0 saturated heterocycles. The molecule has 0 aliphatic heterocycles. The zero-order valence-electron chi connectivity index (χ0n) is 19.7. The van der Waals surface area contributed by atoms with Gasteiger partial charge in [0.25, 0.3) is 5.91 Å². The molecule has 35 heavy (non-hydrogen) atoms. The minimum Gasteiger partial charge on any atom is -0.467 e. The molecule has 0 aliphatic carbocycles. The fourth-order valence-corrected chi connectivity index (χ4v) is 3.56. The van der Waals surface area contributed by atoms with Crippen molar-refractivity contribution in [1.29, 1.82) is 0 Å². The maximum absolute atomic E-state index is 12.9. The lowest BCUT2D eigenvalue weighted by atomic mass is 10.0. The van der Waals surface area contributed by atoms with Crippen LogP contribution in [0, 0.1) is 0 Å². The third kappa shape index (κ3) is 8.77. The molecule has 2 rings (SSSR count). The van der Waals surface area contributed by atoms with Crippen LogP contribution in [0.15, 0.2) is 42.5 Å². The zero-order valence-corrected chi connectivity index (χ0v) is 21.3. The molecule has 3 N–H and O–H groups in total. The number of benzene rings is 2. The Kier molecular flexibility index (Phi) is 9.91. The molecule has 3 amide bonds. The molecular weight excluding hydrogens is 497 g/mol. The SMILES string of the molecule is COC(=O)C(CNC(=O)CNC(=O)OC(C)(C)C)NC(=O)c1c(Cl)cc(-c2ccccc2)cc1Cl. The number of hydrogen-bond acceptors (Lipinski definition) is 6. The minimum atomic E-state index is -1.24. The van der Waals surface area contributed by atoms with Crippen molar-refractivity contribution in [3.63, 3.8) is 0 Å². The first kappa shape index (κ1) is 27.9. The number of halogens is 2. The van der Waals surface area contributed by atoms with E-state index in [0.29, 0.717) is 5.56 Å². The average molecular weight is 524 g/mol. The predicted molar refractivity (Wildman–Crippen MR) is 132 cm³/mol. The van der Waals surface area contributed by atoms with Crippen LogP contribution in [-0.4, -0.2) is 55.7 Å². The Morgan fingerprint density at radius 3 is 2.09 bits per heavy atom. The third-order valence-electron chi connectivity index (χ3n) is 4.46. The Bertz CT molecular complexity index is 1060. The predicted octanol–water partition coefficient (Wildman–Crippen LogP) is 3.57. The van der Waals surface area contributed by atoms with E-state index in [0.717, 1.165) is 12.7 Å². The number of rotatable bonds is 8. The van der Waals surface area contributed by atoms with Crippen molar-refractivity contribution >= 4 is 47.1 Å². The minimum absolute atomic E-state index is 0.0279. The van der Waals surface area contributed by atoms with Crippen molar-refractivity contribution in [1.82, 2.24) is 16.0 Å². The van der Waals surface area contributed by atoms with E-state index in [1.165, 1.54) is 0 Å². The summed E-state index contributed by atoms with van der Waals surface area (Å²) in [5.74, 6) is -2.13. The highest BCUT2D eigenvalue weighted by molar-refractivity contribution is 6.40. The van der Waals surface area contributed by atoms with Gasteiger partial charge >= 0.3 is 12.1 Å². The van der Waals surface area contributed by atoms with Gasteiger partial charge in [-0.2, -0.15) is 0 Å². The Hall–Kier alpha value is -3.30. The van der Waals surface area contributed by atoms with Crippen molar-refractivity contribution < 1.29 is 28.7 Å². The van der Waals surface area contributed by atoms with Gasteiger partial charge in [-0.3, -0.25) is 9.59 Å². The maximum Gasteiger partial charge on any atom is 0.408 e. The highest BCUT2D eigenvalue weighted by Crippen LogP contribution is 2.31. The number of amides is 3. The number of nitrogens with one attached hydrogen (secondary N) is 3. The quantitative estimate of drug-likeness (QED) is 0.454. The smallest absolute Gasteiger partial charge is 0.408 e. The van der Waals surface area contributed by atoms with Crippen LogP contribution in [-0.2, 0) is 19.1 Å². The highest BCUT2D eigenvalue weighted by atomic mass is 35.5. The van der Waals surface area contributed by atoms with Crippen LogP contribution in [0.1, 0.15) is 31.1 Å². The maximum atomic E-state index is 12.9. The Morgan fingerprint density at radius 1 is 0.943 bits per heavy atom. The molecule has 1 unspecified atom stereocenters. The monoisotopic (exact) mass is 523 g/mol. The normalized spacial score (nSPS) is 11.7. The van der Waals surface area contributed by atoms with E-state index in [4.69, 9.17) is 32.7 Å². The van der Waals surface area contributed by atoms with Gasteiger partial charge in [-0.25, -0.2) is 9.59 Å². The summed E-state index contributed by atoms with van der Waals surface area (Å²) in [7, 11) is 1.14. The number of esters is 1. The van der Waals surface area contributed by atoms with Gasteiger partial charge in [-0.05, 0) is 44.0 Å². The second-order valence-electron chi connectivity index (χ2n) is 8.39. The number of carbonyl (C=O) groups excluding carboxylic acids is 4. The number of hydrogen-bond donors (Lipinski definition) is 3. The van der Waals surface area contributed by atoms with Gasteiger partial charge in [-0.15, -0.1) is 0 Å². The first-order chi connectivity index (χ1) is 16.4. The van der Waals surface area contributed by atoms with Crippen LogP contribution < -0.4 is 16.0 Å². The number of carbonyl (C=O) groups is 4. The van der Waals surface area contributed by atoms with Gasteiger partial charge in [0.15, 0.2) is 0 Å². The molecule has 1 atom stereocenters. The summed E-state index contributed by atoms with van der Waals surface area (Å²) in [4.78, 5) is 48.8. The van der Waals surface area contributed by atoms with Crippen molar-refractivity contribution in [2.75, 3.05) is 20.2 Å². The molecule has 0 radical (unpaired) electrons. The lowest BCUT2D eigenvalue weighted by molar-refractivity contribution is -0.142. The second kappa shape index (κ2) is 12.4.